The number of rotatable bonds is 7. The Kier molecular flexibility index (Phi) is 9.95. The van der Waals surface area contributed by atoms with Crippen molar-refractivity contribution in [2.75, 3.05) is 18.9 Å². The number of hydrogen-bond acceptors (Lipinski definition) is 5. The van der Waals surface area contributed by atoms with Gasteiger partial charge in [0.15, 0.2) is 0 Å². The van der Waals surface area contributed by atoms with Gasteiger partial charge in [-0.2, -0.15) is 0 Å². The molecule has 0 aliphatic carbocycles. The molecule has 0 bridgehead atoms. The maximum atomic E-state index is 10.9. The summed E-state index contributed by atoms with van der Waals surface area (Å²) in [6, 6.07) is 0. The van der Waals surface area contributed by atoms with Crippen LogP contribution in [-0.2, 0) is 8.98 Å². The zero-order chi connectivity index (χ0) is 9.23. The maximum absolute atomic E-state index is 10.9. The molecule has 1 N–H and O–H groups in total. The molecule has 0 unspecified atom stereocenters. The molecule has 0 heterocycles. The van der Waals surface area contributed by atoms with Crippen molar-refractivity contribution in [1.29, 1.82) is 0 Å². The lowest BCUT2D eigenvalue weighted by molar-refractivity contribution is -0.120. The molecule has 72 valence electrons. The van der Waals surface area contributed by atoms with Crippen LogP contribution in [0.25, 0.3) is 0 Å². The fourth-order valence-corrected chi connectivity index (χ4v) is 1.27. The maximum Gasteiger partial charge on any atom is 0.220 e. The van der Waals surface area contributed by atoms with Crippen molar-refractivity contribution in [2.24, 2.45) is 0 Å². The Bertz CT molecular complexity index is 123. The molecule has 0 radical (unpaired) electrons. The smallest absolute Gasteiger partial charge is 0.220 e. The lowest BCUT2D eigenvalue weighted by atomic mass is 10.4. The Hall–Kier alpha value is 0.480. The molecule has 3 nitrogen and oxygen atoms in total. The van der Waals surface area contributed by atoms with Crippen LogP contribution < -0.4 is 5.32 Å². The van der Waals surface area contributed by atoms with Gasteiger partial charge in [-0.05, 0) is 19.3 Å². The average molecular weight is 227 g/mol. The number of amides is 1. The molecule has 0 aromatic carbocycles. The quantitative estimate of drug-likeness (QED) is 0.266. The number of carbonyl (C=O) groups is 1. The van der Waals surface area contributed by atoms with Gasteiger partial charge in [0.1, 0.15) is 0 Å². The topological polar surface area (TPSA) is 38.3 Å². The van der Waals surface area contributed by atoms with Gasteiger partial charge in [-0.3, -0.25) is 4.79 Å². The van der Waals surface area contributed by atoms with Crippen molar-refractivity contribution in [3.8, 4) is 0 Å². The minimum absolute atomic E-state index is 0.0655. The first-order valence-corrected chi connectivity index (χ1v) is 6.01. The van der Waals surface area contributed by atoms with Crippen LogP contribution in [0.4, 0.5) is 0 Å². The fraction of sp³-hybridized carbons (Fsp3) is 0.833. The predicted octanol–water partition coefficient (Wildman–Crippen LogP) is 1.32. The summed E-state index contributed by atoms with van der Waals surface area (Å²) in [4.78, 5) is 10.9. The van der Waals surface area contributed by atoms with Gasteiger partial charge in [0.25, 0.3) is 0 Å². The van der Waals surface area contributed by atoms with E-state index < -0.39 is 0 Å². The molecule has 0 spiro atoms. The van der Waals surface area contributed by atoms with E-state index in [0.29, 0.717) is 19.6 Å². The van der Waals surface area contributed by atoms with E-state index in [1.807, 2.05) is 0 Å². The third-order valence-corrected chi connectivity index (χ3v) is 2.27. The van der Waals surface area contributed by atoms with Gasteiger partial charge in [0.05, 0.1) is 6.61 Å². The highest BCUT2D eigenvalue weighted by Gasteiger charge is 1.98. The average Bonchev–Trinajstić information content (AvgIpc) is 2.09. The molecule has 1 amide bonds. The lowest BCUT2D eigenvalue weighted by Crippen LogP contribution is -2.25. The van der Waals surface area contributed by atoms with Gasteiger partial charge in [0.2, 0.25) is 5.91 Å². The zero-order valence-electron chi connectivity index (χ0n) is 6.65. The fourth-order valence-electron chi connectivity index (χ4n) is 0.591. The minimum atomic E-state index is 0.0655. The molecular weight excluding hydrogens is 214 g/mol. The second-order valence-corrected chi connectivity index (χ2v) is 3.82. The van der Waals surface area contributed by atoms with E-state index in [1.54, 1.807) is 0 Å². The van der Waals surface area contributed by atoms with Gasteiger partial charge < -0.3 is 9.50 Å². The second-order valence-electron chi connectivity index (χ2n) is 2.12. The van der Waals surface area contributed by atoms with Gasteiger partial charge >= 0.3 is 0 Å². The van der Waals surface area contributed by atoms with Crippen LogP contribution in [0.3, 0.4) is 0 Å². The molecule has 0 saturated heterocycles. The monoisotopic (exact) mass is 227 g/mol. The first-order chi connectivity index (χ1) is 5.81. The van der Waals surface area contributed by atoms with Gasteiger partial charge in [-0.1, -0.05) is 10.8 Å². The van der Waals surface area contributed by atoms with Crippen molar-refractivity contribution in [1.82, 2.24) is 5.32 Å². The Balaban J connectivity index is 3.08. The van der Waals surface area contributed by atoms with Crippen molar-refractivity contribution >= 4 is 41.3 Å². The third-order valence-electron chi connectivity index (χ3n) is 1.15. The molecular formula is C6H13NO2S3. The summed E-state index contributed by atoms with van der Waals surface area (Å²) in [6.07, 6.45) is 1.32. The SMILES string of the molecule is O=C(CCSS)NCCCOS. The predicted molar refractivity (Wildman–Crippen MR) is 58.6 cm³/mol. The van der Waals surface area contributed by atoms with Crippen LogP contribution in [0.15, 0.2) is 0 Å². The summed E-state index contributed by atoms with van der Waals surface area (Å²) >= 11 is 7.50. The number of thiol groups is 2. The summed E-state index contributed by atoms with van der Waals surface area (Å²) in [6.45, 7) is 1.21. The molecule has 0 rings (SSSR count). The van der Waals surface area contributed by atoms with Crippen molar-refractivity contribution in [2.45, 2.75) is 12.8 Å². The van der Waals surface area contributed by atoms with Gasteiger partial charge in [0, 0.05) is 18.7 Å². The molecule has 0 saturated carbocycles. The molecule has 0 aliphatic rings. The molecule has 0 aromatic heterocycles. The van der Waals surface area contributed by atoms with E-state index in [2.05, 4.69) is 34.1 Å². The molecule has 6 heteroatoms. The van der Waals surface area contributed by atoms with Crippen molar-refractivity contribution in [3.63, 3.8) is 0 Å². The summed E-state index contributed by atoms with van der Waals surface area (Å²) in [5, 5.41) is 2.75. The van der Waals surface area contributed by atoms with E-state index in [9.17, 15) is 4.79 Å². The summed E-state index contributed by atoms with van der Waals surface area (Å²) in [7, 11) is 1.37. The highest BCUT2D eigenvalue weighted by atomic mass is 33.1. The molecule has 0 atom stereocenters. The summed E-state index contributed by atoms with van der Waals surface area (Å²) in [5.74, 6) is 0.814. The van der Waals surface area contributed by atoms with Gasteiger partial charge in [-0.25, -0.2) is 0 Å². The molecule has 12 heavy (non-hydrogen) atoms. The first kappa shape index (κ1) is 12.5. The van der Waals surface area contributed by atoms with E-state index in [-0.39, 0.29) is 5.91 Å². The number of nitrogens with one attached hydrogen (secondary N) is 1. The molecule has 0 aromatic rings. The highest BCUT2D eigenvalue weighted by molar-refractivity contribution is 8.68. The number of carbonyl (C=O) groups excluding carboxylic acids is 1. The van der Waals surface area contributed by atoms with Crippen LogP contribution in [0, 0.1) is 0 Å². The Morgan fingerprint density at radius 1 is 1.58 bits per heavy atom. The zero-order valence-corrected chi connectivity index (χ0v) is 9.26. The van der Waals surface area contributed by atoms with E-state index in [0.717, 1.165) is 12.2 Å². The number of hydrogen-bond donors (Lipinski definition) is 3. The van der Waals surface area contributed by atoms with Crippen LogP contribution in [0.2, 0.25) is 0 Å². The van der Waals surface area contributed by atoms with Gasteiger partial charge in [-0.15, -0.1) is 11.7 Å². The van der Waals surface area contributed by atoms with E-state index in [1.165, 1.54) is 10.8 Å². The third kappa shape index (κ3) is 8.58. The normalized spacial score (nSPS) is 9.83. The second kappa shape index (κ2) is 9.57. The Labute approximate surface area is 87.4 Å². The van der Waals surface area contributed by atoms with Crippen molar-refractivity contribution < 1.29 is 8.98 Å². The highest BCUT2D eigenvalue weighted by Crippen LogP contribution is 2.05. The van der Waals surface area contributed by atoms with Crippen LogP contribution in [0.5, 0.6) is 0 Å². The summed E-state index contributed by atoms with van der Waals surface area (Å²) in [5.41, 5.74) is 0. The van der Waals surface area contributed by atoms with Crippen LogP contribution in [-0.4, -0.2) is 24.8 Å². The first-order valence-electron chi connectivity index (χ1n) is 3.60. The van der Waals surface area contributed by atoms with Crippen LogP contribution in [0.1, 0.15) is 12.8 Å². The Morgan fingerprint density at radius 2 is 2.33 bits per heavy atom. The van der Waals surface area contributed by atoms with E-state index >= 15 is 0 Å². The summed E-state index contributed by atoms with van der Waals surface area (Å²) < 4.78 is 4.53. The standard InChI is InChI=1S/C6H13NO2S3/c8-6(2-5-12-11)7-3-1-4-9-10/h10-11H,1-5H2,(H,7,8). The molecule has 0 aliphatic heterocycles. The van der Waals surface area contributed by atoms with E-state index in [4.69, 9.17) is 0 Å². The lowest BCUT2D eigenvalue weighted by Gasteiger charge is -2.02. The Morgan fingerprint density at radius 3 is 2.92 bits per heavy atom. The minimum Gasteiger partial charge on any atom is -0.356 e. The largest absolute Gasteiger partial charge is 0.356 e. The molecule has 0 fully saturated rings. The van der Waals surface area contributed by atoms with Crippen LogP contribution >= 0.6 is 35.4 Å². The van der Waals surface area contributed by atoms with Crippen molar-refractivity contribution in [3.05, 3.63) is 0 Å².